The van der Waals surface area contributed by atoms with Crippen LogP contribution in [0.4, 0.5) is 0 Å². The van der Waals surface area contributed by atoms with Crippen LogP contribution in [0.5, 0.6) is 0 Å². The fourth-order valence-corrected chi connectivity index (χ4v) is 4.56. The Balaban J connectivity index is 1.79. The number of rotatable bonds is 9. The quantitative estimate of drug-likeness (QED) is 0.126. The molecule has 0 radical (unpaired) electrons. The van der Waals surface area contributed by atoms with Crippen LogP contribution in [0, 0.1) is 0 Å². The highest BCUT2D eigenvalue weighted by atomic mass is 16.7. The molecule has 10 N–H and O–H groups in total. The molecular formula is C21H36N2O15. The molecule has 17 heteroatoms. The summed E-state index contributed by atoms with van der Waals surface area (Å²) in [5.74, 6) is -1.23. The van der Waals surface area contributed by atoms with E-state index in [0.29, 0.717) is 0 Å². The first-order valence-corrected chi connectivity index (χ1v) is 12.0. The van der Waals surface area contributed by atoms with Crippen LogP contribution in [0.3, 0.4) is 0 Å². The van der Waals surface area contributed by atoms with E-state index in [1.165, 1.54) is 0 Å². The van der Waals surface area contributed by atoms with E-state index in [4.69, 9.17) is 23.7 Å². The molecule has 0 saturated carbocycles. The summed E-state index contributed by atoms with van der Waals surface area (Å²) < 4.78 is 27.6. The maximum absolute atomic E-state index is 11.9. The van der Waals surface area contributed by atoms with Crippen LogP contribution >= 0.6 is 0 Å². The summed E-state index contributed by atoms with van der Waals surface area (Å²) in [5.41, 5.74) is 0. The second-order valence-corrected chi connectivity index (χ2v) is 9.36. The molecule has 14 atom stereocenters. The summed E-state index contributed by atoms with van der Waals surface area (Å²) >= 11 is 0. The largest absolute Gasteiger partial charge is 0.394 e. The highest BCUT2D eigenvalue weighted by Gasteiger charge is 2.52. The van der Waals surface area contributed by atoms with Gasteiger partial charge in [-0.05, 0) is 0 Å². The van der Waals surface area contributed by atoms with Crippen LogP contribution in [0.25, 0.3) is 0 Å². The van der Waals surface area contributed by atoms with Crippen molar-refractivity contribution in [3.05, 3.63) is 0 Å². The summed E-state index contributed by atoms with van der Waals surface area (Å²) in [7, 11) is 0. The van der Waals surface area contributed by atoms with Crippen LogP contribution in [0.2, 0.25) is 0 Å². The van der Waals surface area contributed by atoms with Crippen molar-refractivity contribution in [3.63, 3.8) is 0 Å². The summed E-state index contributed by atoms with van der Waals surface area (Å²) in [6, 6.07) is -2.69. The number of hydrogen-bond acceptors (Lipinski definition) is 15. The van der Waals surface area contributed by atoms with Gasteiger partial charge < -0.3 is 75.2 Å². The molecule has 1 unspecified atom stereocenters. The molecule has 0 aromatic heterocycles. The number of carbonyl (C=O) groups excluding carboxylic acids is 2. The van der Waals surface area contributed by atoms with Crippen LogP contribution in [-0.2, 0) is 33.3 Å². The topological polar surface area (TPSA) is 266 Å². The zero-order chi connectivity index (χ0) is 28.3. The zero-order valence-electron chi connectivity index (χ0n) is 20.6. The van der Waals surface area contributed by atoms with Crippen molar-refractivity contribution in [2.24, 2.45) is 0 Å². The average Bonchev–Trinajstić information content (AvgIpc) is 3.11. The van der Waals surface area contributed by atoms with Crippen LogP contribution in [0.15, 0.2) is 0 Å². The smallest absolute Gasteiger partial charge is 0.217 e. The Bertz CT molecular complexity index is 807. The van der Waals surface area contributed by atoms with Crippen molar-refractivity contribution >= 4 is 11.8 Å². The van der Waals surface area contributed by atoms with E-state index in [1.807, 2.05) is 0 Å². The average molecular weight is 557 g/mol. The van der Waals surface area contributed by atoms with Gasteiger partial charge in [-0.3, -0.25) is 9.59 Å². The lowest BCUT2D eigenvalue weighted by atomic mass is 9.94. The first kappa shape index (κ1) is 31.0. The number of aliphatic hydroxyl groups is 8. The molecule has 3 fully saturated rings. The molecule has 0 bridgehead atoms. The zero-order valence-corrected chi connectivity index (χ0v) is 20.6. The Morgan fingerprint density at radius 2 is 1.21 bits per heavy atom. The molecule has 3 aliphatic heterocycles. The molecule has 3 aliphatic rings. The van der Waals surface area contributed by atoms with E-state index in [0.717, 1.165) is 13.8 Å². The predicted octanol–water partition coefficient (Wildman–Crippen LogP) is -6.65. The standard InChI is InChI=1S/C21H36N2O15/c1-6(26)22-11-15(30)13(28)8(3-24)36-21(11)38-18-9(4-25)37-20(12(16(18)31)23-7(2)27)34-5-10-14(29)17(32)19(33)35-10/h8-21,24-25,28-33H,3-5H2,1-2H3,(H,22,26)(H,23,27)/t8-,9-,10-,11-,12-,13-,14-,15-,16-,17+,18-,19?,20-,21+/m1/s1. The van der Waals surface area contributed by atoms with Crippen molar-refractivity contribution in [3.8, 4) is 0 Å². The molecule has 0 spiro atoms. The van der Waals surface area contributed by atoms with Gasteiger partial charge in [0.05, 0.1) is 19.8 Å². The molecular weight excluding hydrogens is 520 g/mol. The Labute approximate surface area is 216 Å². The lowest BCUT2D eigenvalue weighted by molar-refractivity contribution is -0.334. The normalized spacial score (nSPS) is 45.5. The monoisotopic (exact) mass is 556 g/mol. The van der Waals surface area contributed by atoms with E-state index in [9.17, 15) is 50.4 Å². The summed E-state index contributed by atoms with van der Waals surface area (Å²) in [6.07, 6.45) is -17.9. The molecule has 3 heterocycles. The Kier molecular flexibility index (Phi) is 10.7. The molecule has 17 nitrogen and oxygen atoms in total. The molecule has 3 saturated heterocycles. The Morgan fingerprint density at radius 1 is 0.684 bits per heavy atom. The molecule has 0 aromatic carbocycles. The van der Waals surface area contributed by atoms with Gasteiger partial charge in [0.2, 0.25) is 11.8 Å². The first-order valence-electron chi connectivity index (χ1n) is 12.0. The van der Waals surface area contributed by atoms with Crippen molar-refractivity contribution in [2.75, 3.05) is 19.8 Å². The number of aliphatic hydroxyl groups excluding tert-OH is 8. The summed E-state index contributed by atoms with van der Waals surface area (Å²) in [6.45, 7) is 0.364. The van der Waals surface area contributed by atoms with Crippen LogP contribution in [-0.4, -0.2) is 158 Å². The molecule has 2 amide bonds. The third-order valence-corrected chi connectivity index (χ3v) is 6.53. The number of ether oxygens (including phenoxy) is 5. The Hall–Kier alpha value is -1.58. The lowest BCUT2D eigenvalue weighted by Crippen LogP contribution is -2.69. The molecule has 38 heavy (non-hydrogen) atoms. The van der Waals surface area contributed by atoms with Gasteiger partial charge in [-0.25, -0.2) is 0 Å². The molecule has 3 rings (SSSR count). The SMILES string of the molecule is CC(=O)N[C@H]1[C@H](OC[C@H]2OC(O)[C@@H](O)[C@@H]2O)O[C@H](CO)[C@@H](O[C@@H]2O[C@H](CO)[C@@H](O)[C@H](O)[C@H]2NC(C)=O)[C@@H]1O. The van der Waals surface area contributed by atoms with Crippen LogP contribution in [0.1, 0.15) is 13.8 Å². The highest BCUT2D eigenvalue weighted by Crippen LogP contribution is 2.30. The van der Waals surface area contributed by atoms with E-state index >= 15 is 0 Å². The van der Waals surface area contributed by atoms with Crippen molar-refractivity contribution in [1.82, 2.24) is 10.6 Å². The predicted molar refractivity (Wildman–Crippen MR) is 118 cm³/mol. The highest BCUT2D eigenvalue weighted by molar-refractivity contribution is 5.73. The first-order chi connectivity index (χ1) is 17.9. The van der Waals surface area contributed by atoms with E-state index in [1.54, 1.807) is 0 Å². The van der Waals surface area contributed by atoms with Gasteiger partial charge in [-0.2, -0.15) is 0 Å². The maximum atomic E-state index is 11.9. The van der Waals surface area contributed by atoms with Gasteiger partial charge in [0.1, 0.15) is 67.0 Å². The number of nitrogens with one attached hydrogen (secondary N) is 2. The molecule has 0 aliphatic carbocycles. The third kappa shape index (κ3) is 6.76. The van der Waals surface area contributed by atoms with Crippen LogP contribution < -0.4 is 10.6 Å². The van der Waals surface area contributed by atoms with Gasteiger partial charge in [-0.1, -0.05) is 0 Å². The van der Waals surface area contributed by atoms with Gasteiger partial charge in [0, 0.05) is 13.8 Å². The molecule has 0 aromatic rings. The number of carbonyl (C=O) groups is 2. The van der Waals surface area contributed by atoms with Gasteiger partial charge in [0.15, 0.2) is 18.9 Å². The van der Waals surface area contributed by atoms with Gasteiger partial charge in [0.25, 0.3) is 0 Å². The fourth-order valence-electron chi connectivity index (χ4n) is 4.56. The maximum Gasteiger partial charge on any atom is 0.217 e. The minimum absolute atomic E-state index is 0.453. The van der Waals surface area contributed by atoms with E-state index < -0.39 is 118 Å². The minimum Gasteiger partial charge on any atom is -0.394 e. The minimum atomic E-state index is -1.66. The van der Waals surface area contributed by atoms with E-state index in [-0.39, 0.29) is 0 Å². The van der Waals surface area contributed by atoms with Gasteiger partial charge in [-0.15, -0.1) is 0 Å². The number of amides is 2. The van der Waals surface area contributed by atoms with E-state index in [2.05, 4.69) is 10.6 Å². The second-order valence-electron chi connectivity index (χ2n) is 9.36. The number of hydrogen-bond donors (Lipinski definition) is 10. The summed E-state index contributed by atoms with van der Waals surface area (Å²) in [5, 5.41) is 85.3. The lowest BCUT2D eigenvalue weighted by Gasteiger charge is -2.48. The van der Waals surface area contributed by atoms with Crippen molar-refractivity contribution in [1.29, 1.82) is 0 Å². The van der Waals surface area contributed by atoms with Crippen molar-refractivity contribution < 1.29 is 74.1 Å². The summed E-state index contributed by atoms with van der Waals surface area (Å²) in [4.78, 5) is 23.6. The van der Waals surface area contributed by atoms with Gasteiger partial charge >= 0.3 is 0 Å². The Morgan fingerprint density at radius 3 is 1.71 bits per heavy atom. The molecule has 220 valence electrons. The third-order valence-electron chi connectivity index (χ3n) is 6.53. The fraction of sp³-hybridized carbons (Fsp3) is 0.905. The second kappa shape index (κ2) is 13.2. The van der Waals surface area contributed by atoms with Crippen molar-refractivity contribution in [2.45, 2.75) is 99.7 Å².